The minimum atomic E-state index is -0.585. The third kappa shape index (κ3) is 3.99. The first-order valence-corrected chi connectivity index (χ1v) is 5.92. The highest BCUT2D eigenvalue weighted by atomic mass is 35.5. The molecule has 1 atom stereocenters. The van der Waals surface area contributed by atoms with Crippen molar-refractivity contribution in [2.75, 3.05) is 11.9 Å². The normalized spacial score (nSPS) is 12.3. The highest BCUT2D eigenvalue weighted by Crippen LogP contribution is 2.14. The molecule has 7 nitrogen and oxygen atoms in total. The lowest BCUT2D eigenvalue weighted by atomic mass is 10.0. The Bertz CT molecular complexity index is 427. The van der Waals surface area contributed by atoms with Gasteiger partial charge in [-0.05, 0) is 24.4 Å². The lowest BCUT2D eigenvalue weighted by Crippen LogP contribution is -2.40. The number of hydrogen-bond donors (Lipinski definition) is 2. The van der Waals surface area contributed by atoms with E-state index < -0.39 is 11.9 Å². The van der Waals surface area contributed by atoms with Gasteiger partial charge in [0.15, 0.2) is 0 Å². The molecule has 3 N–H and O–H groups in total. The van der Waals surface area contributed by atoms with Gasteiger partial charge in [0.2, 0.25) is 17.1 Å². The molecule has 0 radical (unpaired) electrons. The molecule has 0 saturated heterocycles. The lowest BCUT2D eigenvalue weighted by Gasteiger charge is -2.18. The standard InChI is InChI=1S/C10H16ClN5O2/c1-4-18-10-15-8(11)14-9(16-10)13-6(5(2)3)7(12)17/h5-6H,4H2,1-3H3,(H2,12,17)(H,13,14,15,16). The highest BCUT2D eigenvalue weighted by molar-refractivity contribution is 6.28. The molecule has 1 aromatic heterocycles. The number of nitrogens with one attached hydrogen (secondary N) is 1. The monoisotopic (exact) mass is 273 g/mol. The predicted octanol–water partition coefficient (Wildman–Crippen LogP) is 0.845. The Labute approximate surface area is 110 Å². The summed E-state index contributed by atoms with van der Waals surface area (Å²) in [5.41, 5.74) is 5.28. The van der Waals surface area contributed by atoms with Crippen LogP contribution in [0.3, 0.4) is 0 Å². The molecule has 1 heterocycles. The zero-order valence-corrected chi connectivity index (χ0v) is 11.2. The van der Waals surface area contributed by atoms with Gasteiger partial charge in [0.25, 0.3) is 0 Å². The minimum absolute atomic E-state index is 0.00594. The van der Waals surface area contributed by atoms with E-state index in [1.54, 1.807) is 6.92 Å². The third-order valence-electron chi connectivity index (χ3n) is 2.12. The predicted molar refractivity (Wildman–Crippen MR) is 67.4 cm³/mol. The Morgan fingerprint density at radius 2 is 2.11 bits per heavy atom. The molecule has 0 aromatic carbocycles. The van der Waals surface area contributed by atoms with Gasteiger partial charge in [-0.3, -0.25) is 4.79 Å². The number of primary amides is 1. The van der Waals surface area contributed by atoms with E-state index in [0.717, 1.165) is 0 Å². The van der Waals surface area contributed by atoms with Crippen molar-refractivity contribution in [2.24, 2.45) is 11.7 Å². The first-order chi connectivity index (χ1) is 8.43. The Balaban J connectivity index is 2.91. The maximum Gasteiger partial charge on any atom is 0.322 e. The maximum atomic E-state index is 11.3. The number of anilines is 1. The first kappa shape index (κ1) is 14.4. The van der Waals surface area contributed by atoms with Crippen LogP contribution in [0.5, 0.6) is 6.01 Å². The van der Waals surface area contributed by atoms with Crippen LogP contribution in [0.4, 0.5) is 5.95 Å². The second-order valence-corrected chi connectivity index (χ2v) is 4.25. The van der Waals surface area contributed by atoms with E-state index in [0.29, 0.717) is 6.61 Å². The van der Waals surface area contributed by atoms with Gasteiger partial charge in [0, 0.05) is 0 Å². The number of rotatable bonds is 6. The second-order valence-electron chi connectivity index (χ2n) is 3.91. The van der Waals surface area contributed by atoms with Gasteiger partial charge in [0.1, 0.15) is 6.04 Å². The fourth-order valence-electron chi connectivity index (χ4n) is 1.30. The number of carbonyl (C=O) groups excluding carboxylic acids is 1. The van der Waals surface area contributed by atoms with E-state index in [1.807, 2.05) is 13.8 Å². The Morgan fingerprint density at radius 3 is 2.61 bits per heavy atom. The second kappa shape index (κ2) is 6.34. The van der Waals surface area contributed by atoms with E-state index in [9.17, 15) is 4.79 Å². The summed E-state index contributed by atoms with van der Waals surface area (Å²) < 4.78 is 5.13. The van der Waals surface area contributed by atoms with Crippen LogP contribution >= 0.6 is 11.6 Å². The quantitative estimate of drug-likeness (QED) is 0.796. The molecule has 0 fully saturated rings. The van der Waals surface area contributed by atoms with Crippen molar-refractivity contribution in [1.29, 1.82) is 0 Å². The summed E-state index contributed by atoms with van der Waals surface area (Å²) in [4.78, 5) is 22.9. The molecular weight excluding hydrogens is 258 g/mol. The summed E-state index contributed by atoms with van der Waals surface area (Å²) in [6.07, 6.45) is 0. The molecule has 1 amide bonds. The van der Waals surface area contributed by atoms with Gasteiger partial charge >= 0.3 is 6.01 Å². The van der Waals surface area contributed by atoms with Crippen molar-refractivity contribution < 1.29 is 9.53 Å². The van der Waals surface area contributed by atoms with Gasteiger partial charge < -0.3 is 15.8 Å². The number of carbonyl (C=O) groups is 1. The minimum Gasteiger partial charge on any atom is -0.464 e. The molecule has 0 aliphatic heterocycles. The average Bonchev–Trinajstić information content (AvgIpc) is 2.24. The lowest BCUT2D eigenvalue weighted by molar-refractivity contribution is -0.119. The molecule has 8 heteroatoms. The molecule has 0 aliphatic rings. The molecular formula is C10H16ClN5O2. The van der Waals surface area contributed by atoms with Gasteiger partial charge in [-0.15, -0.1) is 0 Å². The number of amides is 1. The van der Waals surface area contributed by atoms with Gasteiger partial charge in [0.05, 0.1) is 6.61 Å². The van der Waals surface area contributed by atoms with Crippen LogP contribution in [0.2, 0.25) is 5.28 Å². The molecule has 0 bridgehead atoms. The summed E-state index contributed by atoms with van der Waals surface area (Å²) in [7, 11) is 0. The number of halogens is 1. The summed E-state index contributed by atoms with van der Waals surface area (Å²) in [5.74, 6) is -0.330. The van der Waals surface area contributed by atoms with E-state index >= 15 is 0 Å². The highest BCUT2D eigenvalue weighted by Gasteiger charge is 2.21. The zero-order valence-electron chi connectivity index (χ0n) is 10.5. The first-order valence-electron chi connectivity index (χ1n) is 5.54. The van der Waals surface area contributed by atoms with Crippen LogP contribution in [-0.2, 0) is 4.79 Å². The van der Waals surface area contributed by atoms with Crippen LogP contribution in [0.25, 0.3) is 0 Å². The SMILES string of the molecule is CCOc1nc(Cl)nc(NC(C(N)=O)C(C)C)n1. The summed E-state index contributed by atoms with van der Waals surface area (Å²) in [6, 6.07) is -0.482. The fraction of sp³-hybridized carbons (Fsp3) is 0.600. The van der Waals surface area contributed by atoms with Crippen LogP contribution in [0, 0.1) is 5.92 Å². The fourth-order valence-corrected chi connectivity index (χ4v) is 1.45. The summed E-state index contributed by atoms with van der Waals surface area (Å²) in [6.45, 7) is 5.91. The summed E-state index contributed by atoms with van der Waals surface area (Å²) >= 11 is 5.73. The number of nitrogens with zero attached hydrogens (tertiary/aromatic N) is 3. The maximum absolute atomic E-state index is 11.3. The van der Waals surface area contributed by atoms with E-state index in [4.69, 9.17) is 22.1 Å². The van der Waals surface area contributed by atoms with Crippen molar-refractivity contribution in [1.82, 2.24) is 15.0 Å². The summed E-state index contributed by atoms with van der Waals surface area (Å²) in [5, 5.41) is 2.81. The molecule has 100 valence electrons. The molecule has 0 saturated carbocycles. The van der Waals surface area contributed by atoms with Crippen molar-refractivity contribution in [3.8, 4) is 6.01 Å². The molecule has 0 spiro atoms. The van der Waals surface area contributed by atoms with E-state index in [1.165, 1.54) is 0 Å². The molecule has 1 aromatic rings. The number of hydrogen-bond acceptors (Lipinski definition) is 6. The van der Waals surface area contributed by atoms with Crippen LogP contribution < -0.4 is 15.8 Å². The third-order valence-corrected chi connectivity index (χ3v) is 2.29. The molecule has 0 aliphatic carbocycles. The van der Waals surface area contributed by atoms with Crippen molar-refractivity contribution in [3.05, 3.63) is 5.28 Å². The van der Waals surface area contributed by atoms with Gasteiger partial charge in [-0.25, -0.2) is 0 Å². The zero-order chi connectivity index (χ0) is 13.7. The van der Waals surface area contributed by atoms with Crippen LogP contribution in [0.15, 0.2) is 0 Å². The number of aromatic nitrogens is 3. The Morgan fingerprint density at radius 1 is 1.44 bits per heavy atom. The van der Waals surface area contributed by atoms with Gasteiger partial charge in [-0.2, -0.15) is 15.0 Å². The van der Waals surface area contributed by atoms with Crippen molar-refractivity contribution >= 4 is 23.5 Å². The van der Waals surface area contributed by atoms with E-state index in [-0.39, 0.29) is 23.2 Å². The number of ether oxygens (including phenoxy) is 1. The Kier molecular flexibility index (Phi) is 5.08. The van der Waals surface area contributed by atoms with Crippen molar-refractivity contribution in [2.45, 2.75) is 26.8 Å². The van der Waals surface area contributed by atoms with E-state index in [2.05, 4.69) is 20.3 Å². The smallest absolute Gasteiger partial charge is 0.322 e. The molecule has 1 unspecified atom stereocenters. The average molecular weight is 274 g/mol. The Hall–Kier alpha value is -1.63. The molecule has 1 rings (SSSR count). The topological polar surface area (TPSA) is 103 Å². The molecule has 18 heavy (non-hydrogen) atoms. The largest absolute Gasteiger partial charge is 0.464 e. The van der Waals surface area contributed by atoms with Crippen molar-refractivity contribution in [3.63, 3.8) is 0 Å². The van der Waals surface area contributed by atoms with Crippen LogP contribution in [0.1, 0.15) is 20.8 Å². The van der Waals surface area contributed by atoms with Crippen LogP contribution in [-0.4, -0.2) is 33.5 Å². The number of nitrogens with two attached hydrogens (primary N) is 1. The van der Waals surface area contributed by atoms with Gasteiger partial charge in [-0.1, -0.05) is 13.8 Å².